The van der Waals surface area contributed by atoms with Gasteiger partial charge >= 0.3 is 5.97 Å². The summed E-state index contributed by atoms with van der Waals surface area (Å²) in [4.78, 5) is 16.4. The van der Waals surface area contributed by atoms with E-state index in [9.17, 15) is 4.79 Å². The van der Waals surface area contributed by atoms with Crippen LogP contribution in [0, 0.1) is 13.8 Å². The quantitative estimate of drug-likeness (QED) is 0.912. The second-order valence-corrected chi connectivity index (χ2v) is 5.46. The number of hydrogen-bond donors (Lipinski definition) is 1. The zero-order valence-corrected chi connectivity index (χ0v) is 11.7. The molecule has 0 bridgehead atoms. The highest BCUT2D eigenvalue weighted by molar-refractivity contribution is 7.11. The van der Waals surface area contributed by atoms with Gasteiger partial charge in [-0.15, -0.1) is 11.3 Å². The summed E-state index contributed by atoms with van der Waals surface area (Å²) in [6, 6.07) is 6.41. The number of aromatic nitrogens is 1. The molecule has 0 amide bonds. The third-order valence-corrected chi connectivity index (χ3v) is 3.89. The third kappa shape index (κ3) is 3.54. The molecule has 0 aliphatic rings. The van der Waals surface area contributed by atoms with E-state index in [1.807, 2.05) is 6.92 Å². The molecule has 0 fully saturated rings. The number of carboxylic acids is 1. The topological polar surface area (TPSA) is 59.4 Å². The average Bonchev–Trinajstić information content (AvgIpc) is 2.69. The second-order valence-electron chi connectivity index (χ2n) is 4.18. The van der Waals surface area contributed by atoms with E-state index >= 15 is 0 Å². The predicted octanol–water partition coefficient (Wildman–Crippen LogP) is 3.08. The van der Waals surface area contributed by atoms with Crippen molar-refractivity contribution >= 4 is 17.3 Å². The molecule has 1 aromatic heterocycles. The van der Waals surface area contributed by atoms with Crippen LogP contribution >= 0.6 is 11.3 Å². The number of ether oxygens (including phenoxy) is 1. The summed E-state index contributed by atoms with van der Waals surface area (Å²) >= 11 is 1.69. The van der Waals surface area contributed by atoms with E-state index in [0.29, 0.717) is 12.4 Å². The molecule has 0 atom stereocenters. The molecule has 100 valence electrons. The van der Waals surface area contributed by atoms with E-state index < -0.39 is 5.97 Å². The number of carboxylic acid groups (broad SMARTS) is 1. The van der Waals surface area contributed by atoms with Crippen LogP contribution in [-0.4, -0.2) is 22.7 Å². The van der Waals surface area contributed by atoms with Crippen LogP contribution in [0.2, 0.25) is 0 Å². The number of nitrogens with zero attached hydrogens (tertiary/aromatic N) is 1. The smallest absolute Gasteiger partial charge is 0.335 e. The van der Waals surface area contributed by atoms with Gasteiger partial charge < -0.3 is 9.84 Å². The zero-order chi connectivity index (χ0) is 13.8. The highest BCUT2D eigenvalue weighted by Crippen LogP contribution is 2.18. The van der Waals surface area contributed by atoms with Gasteiger partial charge in [-0.05, 0) is 38.1 Å². The van der Waals surface area contributed by atoms with Crippen molar-refractivity contribution < 1.29 is 14.6 Å². The highest BCUT2D eigenvalue weighted by Gasteiger charge is 2.05. The van der Waals surface area contributed by atoms with E-state index in [2.05, 4.69) is 11.9 Å². The lowest BCUT2D eigenvalue weighted by Crippen LogP contribution is -2.02. The maximum absolute atomic E-state index is 10.7. The molecule has 0 aliphatic carbocycles. The molecule has 0 aliphatic heterocycles. The van der Waals surface area contributed by atoms with Gasteiger partial charge in [0.05, 0.1) is 22.9 Å². The molecule has 19 heavy (non-hydrogen) atoms. The maximum atomic E-state index is 10.7. The number of carbonyl (C=O) groups is 1. The van der Waals surface area contributed by atoms with Crippen LogP contribution in [0.3, 0.4) is 0 Å². The van der Waals surface area contributed by atoms with Gasteiger partial charge in [-0.25, -0.2) is 9.78 Å². The number of benzene rings is 1. The lowest BCUT2D eigenvalue weighted by molar-refractivity contribution is 0.0697. The Hall–Kier alpha value is -1.88. The van der Waals surface area contributed by atoms with E-state index in [0.717, 1.165) is 17.1 Å². The molecule has 2 aromatic rings. The first-order chi connectivity index (χ1) is 9.06. The van der Waals surface area contributed by atoms with Crippen molar-refractivity contribution in [3.63, 3.8) is 0 Å². The largest absolute Gasteiger partial charge is 0.493 e. The molecular weight excluding hydrogens is 262 g/mol. The van der Waals surface area contributed by atoms with Gasteiger partial charge in [0.1, 0.15) is 5.75 Å². The first-order valence-electron chi connectivity index (χ1n) is 5.95. The van der Waals surface area contributed by atoms with Crippen LogP contribution in [0.1, 0.15) is 25.9 Å². The summed E-state index contributed by atoms with van der Waals surface area (Å²) in [7, 11) is 0. The van der Waals surface area contributed by atoms with Crippen LogP contribution in [0.5, 0.6) is 5.75 Å². The number of aryl methyl sites for hydroxylation is 2. The van der Waals surface area contributed by atoms with Gasteiger partial charge in [-0.2, -0.15) is 0 Å². The SMILES string of the molecule is Cc1nc(CCOc2ccc(C(=O)O)cc2)sc1C. The summed E-state index contributed by atoms with van der Waals surface area (Å²) in [6.07, 6.45) is 0.764. The van der Waals surface area contributed by atoms with Crippen molar-refractivity contribution in [2.75, 3.05) is 6.61 Å². The molecule has 1 aromatic carbocycles. The Morgan fingerprint density at radius 1 is 1.32 bits per heavy atom. The van der Waals surface area contributed by atoms with Crippen LogP contribution in [0.15, 0.2) is 24.3 Å². The lowest BCUT2D eigenvalue weighted by Gasteiger charge is -2.04. The first kappa shape index (κ1) is 13.5. The summed E-state index contributed by atoms with van der Waals surface area (Å²) in [5.74, 6) is -0.254. The van der Waals surface area contributed by atoms with Crippen LogP contribution < -0.4 is 4.74 Å². The Balaban J connectivity index is 1.87. The molecule has 1 heterocycles. The molecule has 1 N–H and O–H groups in total. The first-order valence-corrected chi connectivity index (χ1v) is 6.77. The molecule has 0 spiro atoms. The Bertz CT molecular complexity index is 555. The summed E-state index contributed by atoms with van der Waals surface area (Å²) in [5.41, 5.74) is 1.34. The summed E-state index contributed by atoms with van der Waals surface area (Å²) in [5, 5.41) is 9.85. The Labute approximate surface area is 115 Å². The Morgan fingerprint density at radius 2 is 2.00 bits per heavy atom. The average molecular weight is 277 g/mol. The number of hydrogen-bond acceptors (Lipinski definition) is 4. The van der Waals surface area contributed by atoms with E-state index in [-0.39, 0.29) is 5.56 Å². The van der Waals surface area contributed by atoms with Crippen LogP contribution in [-0.2, 0) is 6.42 Å². The molecule has 0 saturated carbocycles. The molecule has 2 rings (SSSR count). The van der Waals surface area contributed by atoms with E-state index in [1.165, 1.54) is 17.0 Å². The monoisotopic (exact) mass is 277 g/mol. The van der Waals surface area contributed by atoms with Crippen molar-refractivity contribution in [1.82, 2.24) is 4.98 Å². The molecular formula is C14H15NO3S. The molecule has 4 nitrogen and oxygen atoms in total. The number of thiazole rings is 1. The Kier molecular flexibility index (Phi) is 4.16. The van der Waals surface area contributed by atoms with Crippen molar-refractivity contribution in [2.45, 2.75) is 20.3 Å². The molecule has 0 saturated heterocycles. The van der Waals surface area contributed by atoms with Crippen molar-refractivity contribution in [3.8, 4) is 5.75 Å². The lowest BCUT2D eigenvalue weighted by atomic mass is 10.2. The minimum atomic E-state index is -0.930. The Morgan fingerprint density at radius 3 is 2.53 bits per heavy atom. The van der Waals surface area contributed by atoms with Crippen LogP contribution in [0.4, 0.5) is 0 Å². The van der Waals surface area contributed by atoms with Crippen molar-refractivity contribution in [1.29, 1.82) is 0 Å². The van der Waals surface area contributed by atoms with Gasteiger partial charge in [0.25, 0.3) is 0 Å². The molecule has 5 heteroatoms. The number of aromatic carboxylic acids is 1. The molecule has 0 radical (unpaired) electrons. The zero-order valence-electron chi connectivity index (χ0n) is 10.8. The third-order valence-electron chi connectivity index (χ3n) is 2.76. The van der Waals surface area contributed by atoms with Gasteiger partial charge in [0.15, 0.2) is 0 Å². The van der Waals surface area contributed by atoms with Crippen molar-refractivity contribution in [2.24, 2.45) is 0 Å². The summed E-state index contributed by atoms with van der Waals surface area (Å²) < 4.78 is 5.57. The predicted molar refractivity (Wildman–Crippen MR) is 74.2 cm³/mol. The maximum Gasteiger partial charge on any atom is 0.335 e. The van der Waals surface area contributed by atoms with E-state index in [4.69, 9.17) is 9.84 Å². The summed E-state index contributed by atoms with van der Waals surface area (Å²) in [6.45, 7) is 4.60. The fourth-order valence-corrected chi connectivity index (χ4v) is 2.51. The van der Waals surface area contributed by atoms with Gasteiger partial charge in [-0.3, -0.25) is 0 Å². The van der Waals surface area contributed by atoms with Gasteiger partial charge in [0.2, 0.25) is 0 Å². The van der Waals surface area contributed by atoms with E-state index in [1.54, 1.807) is 23.5 Å². The normalized spacial score (nSPS) is 10.4. The van der Waals surface area contributed by atoms with Crippen molar-refractivity contribution in [3.05, 3.63) is 45.4 Å². The second kappa shape index (κ2) is 5.84. The fourth-order valence-electron chi connectivity index (χ4n) is 1.60. The van der Waals surface area contributed by atoms with Crippen LogP contribution in [0.25, 0.3) is 0 Å². The standard InChI is InChI=1S/C14H15NO3S/c1-9-10(2)19-13(15-9)7-8-18-12-5-3-11(4-6-12)14(16)17/h3-6H,7-8H2,1-2H3,(H,16,17). The van der Waals surface area contributed by atoms with Gasteiger partial charge in [0, 0.05) is 11.3 Å². The molecule has 0 unspecified atom stereocenters. The van der Waals surface area contributed by atoms with Gasteiger partial charge in [-0.1, -0.05) is 0 Å². The minimum absolute atomic E-state index is 0.263. The number of rotatable bonds is 5. The fraction of sp³-hybridized carbons (Fsp3) is 0.286. The highest BCUT2D eigenvalue weighted by atomic mass is 32.1. The minimum Gasteiger partial charge on any atom is -0.493 e.